The van der Waals surface area contributed by atoms with Crippen LogP contribution in [0, 0.1) is 5.92 Å². The molecule has 1 saturated heterocycles. The fourth-order valence-electron chi connectivity index (χ4n) is 3.69. The van der Waals surface area contributed by atoms with Crippen LogP contribution in [0.2, 0.25) is 0 Å². The van der Waals surface area contributed by atoms with Gasteiger partial charge in [-0.3, -0.25) is 4.90 Å². The van der Waals surface area contributed by atoms with E-state index in [4.69, 9.17) is 0 Å². The summed E-state index contributed by atoms with van der Waals surface area (Å²) in [7, 11) is -3.67. The summed E-state index contributed by atoms with van der Waals surface area (Å²) in [6, 6.07) is 13.0. The minimum Gasteiger partial charge on any atom is -0.390 e. The quantitative estimate of drug-likeness (QED) is 0.827. The molecule has 2 unspecified atom stereocenters. The molecular weight excluding hydrogens is 336 g/mol. The summed E-state index contributed by atoms with van der Waals surface area (Å²) in [5.41, 5.74) is 0. The Morgan fingerprint density at radius 1 is 1.20 bits per heavy atom. The minimum atomic E-state index is -3.67. The van der Waals surface area contributed by atoms with Crippen molar-refractivity contribution in [1.29, 1.82) is 0 Å². The van der Waals surface area contributed by atoms with E-state index in [0.29, 0.717) is 23.9 Å². The highest BCUT2D eigenvalue weighted by atomic mass is 32.2. The lowest BCUT2D eigenvalue weighted by molar-refractivity contribution is 0.111. The molecule has 0 bridgehead atoms. The van der Waals surface area contributed by atoms with E-state index in [0.717, 1.165) is 18.4 Å². The molecule has 0 amide bonds. The Hall–Kier alpha value is -1.47. The summed E-state index contributed by atoms with van der Waals surface area (Å²) < 4.78 is 27.9. The van der Waals surface area contributed by atoms with Gasteiger partial charge in [0.25, 0.3) is 0 Å². The molecule has 3 rings (SSSR count). The van der Waals surface area contributed by atoms with Gasteiger partial charge in [0.05, 0.1) is 11.0 Å². The van der Waals surface area contributed by atoms with E-state index < -0.39 is 16.1 Å². The second kappa shape index (κ2) is 7.41. The fourth-order valence-corrected chi connectivity index (χ4v) is 4.99. The summed E-state index contributed by atoms with van der Waals surface area (Å²) >= 11 is 0. The molecule has 2 N–H and O–H groups in total. The van der Waals surface area contributed by atoms with Gasteiger partial charge < -0.3 is 5.11 Å². The Labute approximate surface area is 149 Å². The average Bonchev–Trinajstić information content (AvgIpc) is 2.90. The predicted octanol–water partition coefficient (Wildman–Crippen LogP) is 2.21. The zero-order valence-electron chi connectivity index (χ0n) is 14.7. The number of aliphatic hydroxyl groups is 1. The molecule has 1 aliphatic rings. The van der Waals surface area contributed by atoms with Crippen molar-refractivity contribution >= 4 is 20.8 Å². The Kier molecular flexibility index (Phi) is 5.43. The predicted molar refractivity (Wildman–Crippen MR) is 100.0 cm³/mol. The number of nitrogens with one attached hydrogen (secondary N) is 1. The molecule has 25 heavy (non-hydrogen) atoms. The molecule has 2 aromatic rings. The number of fused-ring (bicyclic) bond motifs is 1. The Morgan fingerprint density at radius 2 is 1.92 bits per heavy atom. The molecule has 0 aliphatic carbocycles. The highest BCUT2D eigenvalue weighted by molar-refractivity contribution is 7.89. The van der Waals surface area contributed by atoms with Crippen LogP contribution < -0.4 is 4.72 Å². The summed E-state index contributed by atoms with van der Waals surface area (Å²) in [6.07, 6.45) is 0.395. The van der Waals surface area contributed by atoms with Crippen molar-refractivity contribution in [3.8, 4) is 0 Å². The van der Waals surface area contributed by atoms with Crippen molar-refractivity contribution in [2.75, 3.05) is 19.6 Å². The average molecular weight is 362 g/mol. The van der Waals surface area contributed by atoms with Crippen LogP contribution in [0.4, 0.5) is 0 Å². The van der Waals surface area contributed by atoms with Crippen molar-refractivity contribution in [3.05, 3.63) is 42.5 Å². The maximum Gasteiger partial charge on any atom is 0.241 e. The molecule has 6 heteroatoms. The fraction of sp³-hybridized carbons (Fsp3) is 0.474. The number of sulfonamides is 1. The maximum atomic E-state index is 12.7. The monoisotopic (exact) mass is 362 g/mol. The van der Waals surface area contributed by atoms with E-state index in [1.54, 1.807) is 18.2 Å². The second-order valence-corrected chi connectivity index (χ2v) is 8.86. The molecule has 3 atom stereocenters. The van der Waals surface area contributed by atoms with Gasteiger partial charge in [-0.15, -0.1) is 0 Å². The van der Waals surface area contributed by atoms with Gasteiger partial charge in [0.2, 0.25) is 10.0 Å². The number of benzene rings is 2. The number of rotatable bonds is 6. The third-order valence-electron chi connectivity index (χ3n) is 4.91. The number of likely N-dealkylation sites (tertiary alicyclic amines) is 1. The van der Waals surface area contributed by atoms with E-state index >= 15 is 0 Å². The van der Waals surface area contributed by atoms with Crippen molar-refractivity contribution in [3.63, 3.8) is 0 Å². The van der Waals surface area contributed by atoms with Crippen LogP contribution in [0.5, 0.6) is 0 Å². The van der Waals surface area contributed by atoms with Gasteiger partial charge in [-0.05, 0) is 30.7 Å². The van der Waals surface area contributed by atoms with Gasteiger partial charge in [0.1, 0.15) is 0 Å². The first kappa shape index (κ1) is 18.3. The van der Waals surface area contributed by atoms with Crippen LogP contribution in [0.3, 0.4) is 0 Å². The Morgan fingerprint density at radius 3 is 2.64 bits per heavy atom. The third kappa shape index (κ3) is 4.20. The van der Waals surface area contributed by atoms with Crippen LogP contribution >= 0.6 is 0 Å². The van der Waals surface area contributed by atoms with Crippen molar-refractivity contribution in [2.24, 2.45) is 5.92 Å². The maximum absolute atomic E-state index is 12.7. The van der Waals surface area contributed by atoms with E-state index in [2.05, 4.69) is 23.5 Å². The zero-order valence-corrected chi connectivity index (χ0v) is 15.5. The molecule has 1 heterocycles. The number of hydrogen-bond donors (Lipinski definition) is 2. The summed E-state index contributed by atoms with van der Waals surface area (Å²) in [6.45, 7) is 5.81. The highest BCUT2D eigenvalue weighted by Crippen LogP contribution is 2.23. The lowest BCUT2D eigenvalue weighted by atomic mass is 10.1. The molecule has 2 aromatic carbocycles. The lowest BCUT2D eigenvalue weighted by Crippen LogP contribution is -2.41. The minimum absolute atomic E-state index is 0.0170. The second-order valence-electron chi connectivity index (χ2n) is 7.13. The molecule has 136 valence electrons. The van der Waals surface area contributed by atoms with Crippen LogP contribution in [-0.4, -0.2) is 50.2 Å². The molecule has 5 nitrogen and oxygen atoms in total. The van der Waals surface area contributed by atoms with Gasteiger partial charge in [-0.25, -0.2) is 13.1 Å². The van der Waals surface area contributed by atoms with E-state index in [1.807, 2.05) is 24.3 Å². The first-order valence-electron chi connectivity index (χ1n) is 8.76. The van der Waals surface area contributed by atoms with Gasteiger partial charge in [-0.1, -0.05) is 43.3 Å². The standard InChI is InChI=1S/C19H26N2O3S/c1-14-10-15(2)21(12-14)13-17(22)11-20-25(23,24)19-9-5-7-16-6-3-4-8-18(16)19/h3-9,14-15,17,20,22H,10-13H2,1-2H3/t14?,15?,17-/m1/s1. The number of β-amino-alcohol motifs (C(OH)–C–C–N with tert-alkyl or cyclic N) is 1. The number of aliphatic hydroxyl groups excluding tert-OH is 1. The van der Waals surface area contributed by atoms with Crippen LogP contribution in [0.15, 0.2) is 47.4 Å². The van der Waals surface area contributed by atoms with Gasteiger partial charge in [0, 0.05) is 31.1 Å². The van der Waals surface area contributed by atoms with Crippen molar-refractivity contribution in [1.82, 2.24) is 9.62 Å². The van der Waals surface area contributed by atoms with Crippen LogP contribution in [-0.2, 0) is 10.0 Å². The molecule has 1 aliphatic heterocycles. The van der Waals surface area contributed by atoms with Crippen molar-refractivity contribution < 1.29 is 13.5 Å². The summed E-state index contributed by atoms with van der Waals surface area (Å²) in [5, 5.41) is 11.8. The molecular formula is C19H26N2O3S. The van der Waals surface area contributed by atoms with Crippen LogP contribution in [0.1, 0.15) is 20.3 Å². The largest absolute Gasteiger partial charge is 0.390 e. The number of nitrogens with zero attached hydrogens (tertiary/aromatic N) is 1. The Bertz CT molecular complexity index is 832. The Balaban J connectivity index is 1.67. The van der Waals surface area contributed by atoms with E-state index in [1.165, 1.54) is 0 Å². The normalized spacial score (nSPS) is 23.2. The SMILES string of the molecule is CC1CC(C)N(C[C@H](O)CNS(=O)(=O)c2cccc3ccccc23)C1. The molecule has 0 saturated carbocycles. The molecule has 0 radical (unpaired) electrons. The summed E-state index contributed by atoms with van der Waals surface area (Å²) in [5.74, 6) is 0.620. The number of hydrogen-bond acceptors (Lipinski definition) is 4. The molecule has 0 spiro atoms. The highest BCUT2D eigenvalue weighted by Gasteiger charge is 2.28. The summed E-state index contributed by atoms with van der Waals surface area (Å²) in [4.78, 5) is 2.47. The smallest absolute Gasteiger partial charge is 0.241 e. The van der Waals surface area contributed by atoms with E-state index in [9.17, 15) is 13.5 Å². The lowest BCUT2D eigenvalue weighted by Gasteiger charge is -2.24. The molecule has 0 aromatic heterocycles. The van der Waals surface area contributed by atoms with Crippen molar-refractivity contribution in [2.45, 2.75) is 37.3 Å². The van der Waals surface area contributed by atoms with Crippen LogP contribution in [0.25, 0.3) is 10.8 Å². The van der Waals surface area contributed by atoms with E-state index in [-0.39, 0.29) is 11.4 Å². The third-order valence-corrected chi connectivity index (χ3v) is 6.39. The topological polar surface area (TPSA) is 69.6 Å². The van der Waals surface area contributed by atoms with Gasteiger partial charge in [-0.2, -0.15) is 0 Å². The zero-order chi connectivity index (χ0) is 18.0. The first-order chi connectivity index (χ1) is 11.9. The first-order valence-corrected chi connectivity index (χ1v) is 10.2. The molecule has 1 fully saturated rings. The van der Waals surface area contributed by atoms with Gasteiger partial charge >= 0.3 is 0 Å². The van der Waals surface area contributed by atoms with Gasteiger partial charge in [0.15, 0.2) is 0 Å².